The fraction of sp³-hybridized carbons (Fsp3) is 0.478. The van der Waals surface area contributed by atoms with Crippen molar-refractivity contribution in [3.05, 3.63) is 53.5 Å². The van der Waals surface area contributed by atoms with Crippen LogP contribution in [0.1, 0.15) is 23.4 Å². The number of fused-ring (bicyclic) bond motifs is 1. The number of amides is 1. The molecule has 0 aliphatic carbocycles. The summed E-state index contributed by atoms with van der Waals surface area (Å²) in [6.07, 6.45) is 3.60. The van der Waals surface area contributed by atoms with Crippen LogP contribution >= 0.6 is 0 Å². The SMILES string of the molecule is Cc1cc(C)n(CCN2CCCN(C(=O)Cc3cn(C)c4ccccc34)CC2)n1. The number of aryl methyl sites for hydroxylation is 3. The lowest BCUT2D eigenvalue weighted by atomic mass is 10.1. The van der Waals surface area contributed by atoms with Crippen molar-refractivity contribution >= 4 is 16.8 Å². The third kappa shape index (κ3) is 4.37. The molecule has 0 spiro atoms. The Balaban J connectivity index is 1.34. The Bertz CT molecular complexity index is 1000. The molecule has 2 aromatic heterocycles. The molecular weight excluding hydrogens is 362 g/mol. The van der Waals surface area contributed by atoms with Gasteiger partial charge in [0.15, 0.2) is 0 Å². The second-order valence-corrected chi connectivity index (χ2v) is 8.19. The zero-order valence-electron chi connectivity index (χ0n) is 17.8. The van der Waals surface area contributed by atoms with Crippen LogP contribution < -0.4 is 0 Å². The highest BCUT2D eigenvalue weighted by Crippen LogP contribution is 2.21. The maximum atomic E-state index is 13.0. The van der Waals surface area contributed by atoms with Crippen LogP contribution in [0.4, 0.5) is 0 Å². The number of hydrogen-bond acceptors (Lipinski definition) is 3. The van der Waals surface area contributed by atoms with Gasteiger partial charge in [-0.1, -0.05) is 18.2 Å². The summed E-state index contributed by atoms with van der Waals surface area (Å²) in [6.45, 7) is 9.65. The molecular formula is C23H31N5O. The molecule has 6 heteroatoms. The van der Waals surface area contributed by atoms with Gasteiger partial charge in [0, 0.05) is 56.0 Å². The van der Waals surface area contributed by atoms with Crippen molar-refractivity contribution in [3.8, 4) is 0 Å². The molecule has 0 radical (unpaired) electrons. The molecule has 1 aliphatic rings. The minimum atomic E-state index is 0.238. The molecule has 0 saturated carbocycles. The van der Waals surface area contributed by atoms with Crippen LogP contribution in [0.2, 0.25) is 0 Å². The lowest BCUT2D eigenvalue weighted by molar-refractivity contribution is -0.130. The van der Waals surface area contributed by atoms with Crippen LogP contribution in [0.5, 0.6) is 0 Å². The molecule has 0 N–H and O–H groups in total. The van der Waals surface area contributed by atoms with Gasteiger partial charge in [-0.25, -0.2) is 0 Å². The number of hydrogen-bond donors (Lipinski definition) is 0. The van der Waals surface area contributed by atoms with Gasteiger partial charge in [-0.3, -0.25) is 14.4 Å². The molecule has 0 atom stereocenters. The van der Waals surface area contributed by atoms with Gasteiger partial charge in [-0.05, 0) is 44.5 Å². The fourth-order valence-electron chi connectivity index (χ4n) is 4.42. The van der Waals surface area contributed by atoms with Crippen molar-refractivity contribution in [1.82, 2.24) is 24.1 Å². The summed E-state index contributed by atoms with van der Waals surface area (Å²) in [6, 6.07) is 10.4. The number of aromatic nitrogens is 3. The standard InChI is InChI=1S/C23H31N5O/c1-18-15-19(2)28(24-18)14-12-26-9-6-10-27(13-11-26)23(29)16-20-17-25(3)22-8-5-4-7-21(20)22/h4-5,7-8,15,17H,6,9-14,16H2,1-3H3. The van der Waals surface area contributed by atoms with E-state index in [2.05, 4.69) is 50.6 Å². The Labute approximate surface area is 172 Å². The molecule has 0 bridgehead atoms. The monoisotopic (exact) mass is 393 g/mol. The summed E-state index contributed by atoms with van der Waals surface area (Å²) >= 11 is 0. The number of benzene rings is 1. The molecule has 1 saturated heterocycles. The fourth-order valence-corrected chi connectivity index (χ4v) is 4.42. The Hall–Kier alpha value is -2.60. The zero-order chi connectivity index (χ0) is 20.4. The number of para-hydroxylation sites is 1. The minimum absolute atomic E-state index is 0.238. The summed E-state index contributed by atoms with van der Waals surface area (Å²) in [5.74, 6) is 0.238. The Morgan fingerprint density at radius 3 is 2.69 bits per heavy atom. The number of nitrogens with zero attached hydrogens (tertiary/aromatic N) is 5. The van der Waals surface area contributed by atoms with Crippen molar-refractivity contribution in [2.75, 3.05) is 32.7 Å². The van der Waals surface area contributed by atoms with Crippen LogP contribution in [0.3, 0.4) is 0 Å². The number of rotatable bonds is 5. The van der Waals surface area contributed by atoms with Crippen molar-refractivity contribution in [2.24, 2.45) is 7.05 Å². The molecule has 1 aliphatic heterocycles. The van der Waals surface area contributed by atoms with Gasteiger partial charge in [0.1, 0.15) is 0 Å². The smallest absolute Gasteiger partial charge is 0.227 e. The van der Waals surface area contributed by atoms with E-state index in [0.717, 1.165) is 56.9 Å². The van der Waals surface area contributed by atoms with Crippen LogP contribution in [0, 0.1) is 13.8 Å². The molecule has 0 unspecified atom stereocenters. The third-order valence-electron chi connectivity index (χ3n) is 5.99. The van der Waals surface area contributed by atoms with E-state index in [-0.39, 0.29) is 5.91 Å². The highest BCUT2D eigenvalue weighted by atomic mass is 16.2. The van der Waals surface area contributed by atoms with Gasteiger partial charge in [0.05, 0.1) is 18.7 Å². The average Bonchev–Trinajstić information content (AvgIpc) is 3.07. The van der Waals surface area contributed by atoms with Gasteiger partial charge < -0.3 is 9.47 Å². The van der Waals surface area contributed by atoms with E-state index in [1.165, 1.54) is 16.6 Å². The van der Waals surface area contributed by atoms with Gasteiger partial charge in [-0.2, -0.15) is 5.10 Å². The Morgan fingerprint density at radius 2 is 1.90 bits per heavy atom. The third-order valence-corrected chi connectivity index (χ3v) is 5.99. The van der Waals surface area contributed by atoms with Crippen LogP contribution in [0.25, 0.3) is 10.9 Å². The lowest BCUT2D eigenvalue weighted by Crippen LogP contribution is -2.36. The van der Waals surface area contributed by atoms with Crippen molar-refractivity contribution in [2.45, 2.75) is 33.2 Å². The summed E-state index contributed by atoms with van der Waals surface area (Å²) in [5, 5.41) is 5.74. The van der Waals surface area contributed by atoms with Crippen molar-refractivity contribution < 1.29 is 4.79 Å². The predicted molar refractivity (Wildman–Crippen MR) is 116 cm³/mol. The molecule has 4 rings (SSSR count). The van der Waals surface area contributed by atoms with Gasteiger partial charge >= 0.3 is 0 Å². The summed E-state index contributed by atoms with van der Waals surface area (Å²) in [5.41, 5.74) is 4.59. The quantitative estimate of drug-likeness (QED) is 0.670. The van der Waals surface area contributed by atoms with E-state index in [1.807, 2.05) is 31.0 Å². The number of carbonyl (C=O) groups excluding carboxylic acids is 1. The molecule has 29 heavy (non-hydrogen) atoms. The highest BCUT2D eigenvalue weighted by Gasteiger charge is 2.20. The van der Waals surface area contributed by atoms with Crippen LogP contribution in [-0.4, -0.2) is 62.8 Å². The van der Waals surface area contributed by atoms with Crippen LogP contribution in [0.15, 0.2) is 36.5 Å². The Morgan fingerprint density at radius 1 is 1.07 bits per heavy atom. The second kappa shape index (κ2) is 8.41. The molecule has 3 aromatic rings. The van der Waals surface area contributed by atoms with Crippen LogP contribution in [-0.2, 0) is 24.8 Å². The first-order valence-corrected chi connectivity index (χ1v) is 10.6. The molecule has 3 heterocycles. The summed E-state index contributed by atoms with van der Waals surface area (Å²) in [4.78, 5) is 17.5. The lowest BCUT2D eigenvalue weighted by Gasteiger charge is -2.22. The average molecular weight is 394 g/mol. The van der Waals surface area contributed by atoms with Gasteiger partial charge in [-0.15, -0.1) is 0 Å². The van der Waals surface area contributed by atoms with Crippen molar-refractivity contribution in [3.63, 3.8) is 0 Å². The van der Waals surface area contributed by atoms with E-state index in [9.17, 15) is 4.79 Å². The first-order valence-electron chi connectivity index (χ1n) is 10.6. The van der Waals surface area contributed by atoms with Gasteiger partial charge in [0.25, 0.3) is 0 Å². The predicted octanol–water partition coefficient (Wildman–Crippen LogP) is 2.77. The molecule has 6 nitrogen and oxygen atoms in total. The normalized spacial score (nSPS) is 15.8. The first-order chi connectivity index (χ1) is 14.0. The van der Waals surface area contributed by atoms with Crippen molar-refractivity contribution in [1.29, 1.82) is 0 Å². The summed E-state index contributed by atoms with van der Waals surface area (Å²) < 4.78 is 4.20. The molecule has 154 valence electrons. The van der Waals surface area contributed by atoms with E-state index in [4.69, 9.17) is 0 Å². The highest BCUT2D eigenvalue weighted by molar-refractivity contribution is 5.89. The maximum absolute atomic E-state index is 13.0. The van der Waals surface area contributed by atoms with E-state index >= 15 is 0 Å². The topological polar surface area (TPSA) is 46.3 Å². The second-order valence-electron chi connectivity index (χ2n) is 8.19. The molecule has 1 amide bonds. The zero-order valence-corrected chi connectivity index (χ0v) is 17.8. The van der Waals surface area contributed by atoms with E-state index in [0.29, 0.717) is 6.42 Å². The maximum Gasteiger partial charge on any atom is 0.227 e. The number of carbonyl (C=O) groups is 1. The first kappa shape index (κ1) is 19.7. The molecule has 1 fully saturated rings. The van der Waals surface area contributed by atoms with Gasteiger partial charge in [0.2, 0.25) is 5.91 Å². The minimum Gasteiger partial charge on any atom is -0.350 e. The summed E-state index contributed by atoms with van der Waals surface area (Å²) in [7, 11) is 2.04. The van der Waals surface area contributed by atoms with E-state index in [1.54, 1.807) is 0 Å². The van der Waals surface area contributed by atoms with E-state index < -0.39 is 0 Å². The molecule has 1 aromatic carbocycles. The largest absolute Gasteiger partial charge is 0.350 e. The Kier molecular flexibility index (Phi) is 5.72.